The zero-order valence-corrected chi connectivity index (χ0v) is 23.6. The van der Waals surface area contributed by atoms with Gasteiger partial charge in [0, 0.05) is 18.1 Å². The van der Waals surface area contributed by atoms with Gasteiger partial charge in [-0.05, 0) is 68.8 Å². The van der Waals surface area contributed by atoms with Crippen molar-refractivity contribution in [1.82, 2.24) is 10.2 Å². The summed E-state index contributed by atoms with van der Waals surface area (Å²) < 4.78 is 68.7. The average Bonchev–Trinajstić information content (AvgIpc) is 2.90. The Morgan fingerprint density at radius 2 is 1.62 bits per heavy atom. The number of nitrogens with zero attached hydrogens (tertiary/aromatic N) is 2. The van der Waals surface area contributed by atoms with E-state index in [1.807, 2.05) is 0 Å². The van der Waals surface area contributed by atoms with Crippen LogP contribution in [0.3, 0.4) is 0 Å². The highest BCUT2D eigenvalue weighted by Gasteiger charge is 2.35. The van der Waals surface area contributed by atoms with Crippen molar-refractivity contribution in [3.63, 3.8) is 0 Å². The Labute approximate surface area is 236 Å². The number of hydrogen-bond donors (Lipinski definition) is 1. The number of alkyl halides is 3. The van der Waals surface area contributed by atoms with Gasteiger partial charge in [-0.2, -0.15) is 13.2 Å². The molecule has 40 heavy (non-hydrogen) atoms. The highest BCUT2D eigenvalue weighted by Crippen LogP contribution is 2.33. The summed E-state index contributed by atoms with van der Waals surface area (Å²) in [6.45, 7) is 4.32. The number of likely N-dealkylation sites (N-methyl/N-ethyl adjacent to an activating group) is 1. The Bertz CT molecular complexity index is 1450. The molecule has 2 amide bonds. The van der Waals surface area contributed by atoms with Crippen LogP contribution >= 0.6 is 11.6 Å². The number of nitrogens with one attached hydrogen (secondary N) is 1. The van der Waals surface area contributed by atoms with E-state index in [0.717, 1.165) is 17.7 Å². The van der Waals surface area contributed by atoms with Crippen LogP contribution in [0.15, 0.2) is 77.7 Å². The maximum atomic E-state index is 13.8. The van der Waals surface area contributed by atoms with Gasteiger partial charge in [0.1, 0.15) is 12.6 Å². The van der Waals surface area contributed by atoms with Crippen LogP contribution in [0.25, 0.3) is 0 Å². The Hall–Kier alpha value is -3.57. The number of halogens is 4. The smallest absolute Gasteiger partial charge is 0.355 e. The normalized spacial score (nSPS) is 12.5. The van der Waals surface area contributed by atoms with E-state index in [-0.39, 0.29) is 17.1 Å². The van der Waals surface area contributed by atoms with Crippen LogP contribution in [-0.2, 0) is 32.3 Å². The molecule has 3 aromatic carbocycles. The Kier molecular flexibility index (Phi) is 9.86. The Morgan fingerprint density at radius 1 is 1.00 bits per heavy atom. The van der Waals surface area contributed by atoms with E-state index in [1.54, 1.807) is 50.2 Å². The number of benzene rings is 3. The standard InChI is InChI=1S/C28H29ClF3N3O4S/c1-4-33-27(37)20(3)34(17-21-10-12-23(29)13-11-21)26(36)18-35(24-7-5-6-22(16-24)28(30,31)32)40(38,39)25-14-8-19(2)9-15-25/h5-16,20H,4,17-18H2,1-3H3,(H,33,37). The maximum Gasteiger partial charge on any atom is 0.416 e. The largest absolute Gasteiger partial charge is 0.416 e. The Balaban J connectivity index is 2.09. The third kappa shape index (κ3) is 7.54. The molecule has 1 N–H and O–H groups in total. The lowest BCUT2D eigenvalue weighted by atomic mass is 10.1. The van der Waals surface area contributed by atoms with Crippen molar-refractivity contribution < 1.29 is 31.2 Å². The third-order valence-corrected chi connectivity index (χ3v) is 8.17. The topological polar surface area (TPSA) is 86.8 Å². The fourth-order valence-corrected chi connectivity index (χ4v) is 5.43. The summed E-state index contributed by atoms with van der Waals surface area (Å²) in [5.41, 5.74) is -0.0393. The molecule has 0 saturated carbocycles. The van der Waals surface area contributed by atoms with Gasteiger partial charge >= 0.3 is 6.18 Å². The fraction of sp³-hybridized carbons (Fsp3) is 0.286. The molecule has 3 aromatic rings. The summed E-state index contributed by atoms with van der Waals surface area (Å²) in [6.07, 6.45) is -4.74. The second-order valence-corrected chi connectivity index (χ2v) is 11.4. The number of hydrogen-bond acceptors (Lipinski definition) is 4. The summed E-state index contributed by atoms with van der Waals surface area (Å²) in [5, 5.41) is 3.09. The van der Waals surface area contributed by atoms with Gasteiger partial charge in [-0.3, -0.25) is 13.9 Å². The van der Waals surface area contributed by atoms with E-state index in [9.17, 15) is 31.2 Å². The molecule has 214 valence electrons. The van der Waals surface area contributed by atoms with E-state index >= 15 is 0 Å². The molecule has 12 heteroatoms. The number of rotatable bonds is 10. The number of carbonyl (C=O) groups is 2. The summed E-state index contributed by atoms with van der Waals surface area (Å²) in [6, 6.07) is 15.0. The van der Waals surface area contributed by atoms with Crippen molar-refractivity contribution in [3.05, 3.63) is 94.5 Å². The van der Waals surface area contributed by atoms with Gasteiger partial charge in [0.05, 0.1) is 16.1 Å². The van der Waals surface area contributed by atoms with Crippen molar-refractivity contribution in [2.45, 2.75) is 44.4 Å². The van der Waals surface area contributed by atoms with Crippen molar-refractivity contribution in [1.29, 1.82) is 0 Å². The molecule has 3 rings (SSSR count). The quantitative estimate of drug-likeness (QED) is 0.339. The van der Waals surface area contributed by atoms with Gasteiger partial charge in [-0.25, -0.2) is 8.42 Å². The summed E-state index contributed by atoms with van der Waals surface area (Å²) in [4.78, 5) is 27.4. The minimum absolute atomic E-state index is 0.0741. The number of anilines is 1. The van der Waals surface area contributed by atoms with E-state index in [1.165, 1.54) is 30.0 Å². The number of amides is 2. The molecule has 0 fully saturated rings. The predicted molar refractivity (Wildman–Crippen MR) is 147 cm³/mol. The monoisotopic (exact) mass is 595 g/mol. The van der Waals surface area contributed by atoms with Gasteiger partial charge in [0.25, 0.3) is 10.0 Å². The molecule has 0 bridgehead atoms. The second-order valence-electron chi connectivity index (χ2n) is 9.09. The molecule has 0 spiro atoms. The number of carbonyl (C=O) groups excluding carboxylic acids is 2. The molecule has 0 heterocycles. The molecule has 0 aliphatic carbocycles. The van der Waals surface area contributed by atoms with Crippen LogP contribution in [0.2, 0.25) is 5.02 Å². The summed E-state index contributed by atoms with van der Waals surface area (Å²) in [7, 11) is -4.50. The number of sulfonamides is 1. The van der Waals surface area contributed by atoms with Crippen LogP contribution in [0, 0.1) is 6.92 Å². The van der Waals surface area contributed by atoms with Crippen LogP contribution in [0.5, 0.6) is 0 Å². The lowest BCUT2D eigenvalue weighted by molar-refractivity contribution is -0.139. The van der Waals surface area contributed by atoms with Crippen molar-refractivity contribution in [3.8, 4) is 0 Å². The Morgan fingerprint density at radius 3 is 2.20 bits per heavy atom. The van der Waals surface area contributed by atoms with Crippen LogP contribution in [0.4, 0.5) is 18.9 Å². The van der Waals surface area contributed by atoms with Crippen LogP contribution in [0.1, 0.15) is 30.5 Å². The lowest BCUT2D eigenvalue weighted by Gasteiger charge is -2.32. The molecule has 0 aliphatic rings. The molecule has 0 aliphatic heterocycles. The zero-order chi connectivity index (χ0) is 29.7. The SMILES string of the molecule is CCNC(=O)C(C)N(Cc1ccc(Cl)cc1)C(=O)CN(c1cccc(C(F)(F)F)c1)S(=O)(=O)c1ccc(C)cc1. The fourth-order valence-electron chi connectivity index (χ4n) is 3.89. The number of aryl methyl sites for hydroxylation is 1. The first kappa shape index (κ1) is 31.0. The lowest BCUT2D eigenvalue weighted by Crippen LogP contribution is -2.51. The minimum atomic E-state index is -4.74. The molecule has 0 aromatic heterocycles. The molecule has 0 saturated heterocycles. The molecular formula is C28H29ClF3N3O4S. The maximum absolute atomic E-state index is 13.8. The van der Waals surface area contributed by atoms with Crippen molar-refractivity contribution in [2.24, 2.45) is 0 Å². The first-order chi connectivity index (χ1) is 18.7. The van der Waals surface area contributed by atoms with E-state index in [4.69, 9.17) is 11.6 Å². The summed E-state index contributed by atoms with van der Waals surface area (Å²) in [5.74, 6) is -1.27. The average molecular weight is 596 g/mol. The van der Waals surface area contributed by atoms with Crippen molar-refractivity contribution >= 4 is 39.1 Å². The highest BCUT2D eigenvalue weighted by molar-refractivity contribution is 7.92. The van der Waals surface area contributed by atoms with Gasteiger partial charge in [-0.15, -0.1) is 0 Å². The van der Waals surface area contributed by atoms with Crippen LogP contribution in [-0.4, -0.2) is 44.3 Å². The van der Waals surface area contributed by atoms with Gasteiger partial charge in [0.2, 0.25) is 11.8 Å². The minimum Gasteiger partial charge on any atom is -0.355 e. The molecule has 1 unspecified atom stereocenters. The predicted octanol–water partition coefficient (Wildman–Crippen LogP) is 5.42. The van der Waals surface area contributed by atoms with Crippen molar-refractivity contribution in [2.75, 3.05) is 17.4 Å². The first-order valence-electron chi connectivity index (χ1n) is 12.3. The molecule has 0 radical (unpaired) electrons. The summed E-state index contributed by atoms with van der Waals surface area (Å²) >= 11 is 5.97. The molecule has 1 atom stereocenters. The molecular weight excluding hydrogens is 567 g/mol. The first-order valence-corrected chi connectivity index (χ1v) is 14.1. The van der Waals surface area contributed by atoms with E-state index < -0.39 is 46.2 Å². The van der Waals surface area contributed by atoms with Crippen LogP contribution < -0.4 is 9.62 Å². The van der Waals surface area contributed by atoms with Gasteiger partial charge in [-0.1, -0.05) is 47.5 Å². The molecule has 7 nitrogen and oxygen atoms in total. The highest BCUT2D eigenvalue weighted by atomic mass is 35.5. The van der Waals surface area contributed by atoms with Gasteiger partial charge < -0.3 is 10.2 Å². The third-order valence-electron chi connectivity index (χ3n) is 6.13. The van der Waals surface area contributed by atoms with E-state index in [0.29, 0.717) is 27.5 Å². The zero-order valence-electron chi connectivity index (χ0n) is 22.1. The van der Waals surface area contributed by atoms with Gasteiger partial charge in [0.15, 0.2) is 0 Å². The second kappa shape index (κ2) is 12.7. The van der Waals surface area contributed by atoms with E-state index in [2.05, 4.69) is 5.32 Å².